The smallest absolute Gasteiger partial charge is 0.255 e. The second-order valence-electron chi connectivity index (χ2n) is 4.63. The van der Waals surface area contributed by atoms with Gasteiger partial charge in [0.2, 0.25) is 0 Å². The maximum Gasteiger partial charge on any atom is 0.255 e. The molecule has 2 rings (SSSR count). The topological polar surface area (TPSA) is 55.1 Å². The first-order valence-corrected chi connectivity index (χ1v) is 8.51. The molecule has 0 spiro atoms. The van der Waals surface area contributed by atoms with Crippen LogP contribution >= 0.6 is 47.8 Å². The van der Waals surface area contributed by atoms with E-state index in [4.69, 9.17) is 5.73 Å². The Balaban J connectivity index is 2.40. The van der Waals surface area contributed by atoms with Crippen LogP contribution in [-0.2, 0) is 0 Å². The molecule has 6 heteroatoms. The van der Waals surface area contributed by atoms with Crippen LogP contribution < -0.4 is 11.1 Å². The van der Waals surface area contributed by atoms with Crippen LogP contribution in [-0.4, -0.2) is 5.91 Å². The number of benzene rings is 2. The number of halogens is 3. The van der Waals surface area contributed by atoms with Crippen LogP contribution in [0.2, 0.25) is 0 Å². The number of nitrogens with one attached hydrogen (secondary N) is 1. The molecule has 0 aliphatic heterocycles. The SMILES string of the molecule is Cc1c(Br)c(N)c(Br)c(C)c1NC(=O)c1ccc(Br)cc1. The number of hydrogen-bond donors (Lipinski definition) is 2. The quantitative estimate of drug-likeness (QED) is 0.568. The lowest BCUT2D eigenvalue weighted by Gasteiger charge is -2.17. The Bertz CT molecular complexity index is 683. The van der Waals surface area contributed by atoms with Gasteiger partial charge in [0.1, 0.15) is 0 Å². The summed E-state index contributed by atoms with van der Waals surface area (Å²) < 4.78 is 2.50. The van der Waals surface area contributed by atoms with Crippen LogP contribution in [0.1, 0.15) is 21.5 Å². The molecule has 0 aliphatic rings. The van der Waals surface area contributed by atoms with E-state index in [1.54, 1.807) is 12.1 Å². The lowest BCUT2D eigenvalue weighted by atomic mass is 10.1. The van der Waals surface area contributed by atoms with Crippen molar-refractivity contribution in [1.29, 1.82) is 0 Å². The van der Waals surface area contributed by atoms with Crippen molar-refractivity contribution in [3.8, 4) is 0 Å². The molecule has 0 atom stereocenters. The largest absolute Gasteiger partial charge is 0.397 e. The summed E-state index contributed by atoms with van der Waals surface area (Å²) in [6.45, 7) is 3.83. The zero-order valence-corrected chi connectivity index (χ0v) is 16.2. The predicted molar refractivity (Wildman–Crippen MR) is 97.8 cm³/mol. The molecule has 1 amide bonds. The van der Waals surface area contributed by atoms with Gasteiger partial charge in [-0.25, -0.2) is 0 Å². The van der Waals surface area contributed by atoms with Gasteiger partial charge in [0.15, 0.2) is 0 Å². The Kier molecular flexibility index (Phi) is 5.11. The summed E-state index contributed by atoms with van der Waals surface area (Å²) in [6, 6.07) is 7.21. The molecule has 3 nitrogen and oxygen atoms in total. The highest BCUT2D eigenvalue weighted by atomic mass is 79.9. The molecule has 21 heavy (non-hydrogen) atoms. The van der Waals surface area contributed by atoms with E-state index in [1.807, 2.05) is 26.0 Å². The van der Waals surface area contributed by atoms with Crippen molar-refractivity contribution in [3.63, 3.8) is 0 Å². The van der Waals surface area contributed by atoms with E-state index in [0.717, 1.165) is 30.2 Å². The molecular formula is C15H13Br3N2O. The molecule has 0 saturated carbocycles. The molecule has 0 aliphatic carbocycles. The minimum absolute atomic E-state index is 0.155. The second-order valence-corrected chi connectivity index (χ2v) is 7.13. The highest BCUT2D eigenvalue weighted by Crippen LogP contribution is 2.40. The second kappa shape index (κ2) is 6.50. The van der Waals surface area contributed by atoms with Crippen molar-refractivity contribution >= 4 is 65.1 Å². The summed E-state index contributed by atoms with van der Waals surface area (Å²) in [5, 5.41) is 2.95. The Labute approximate surface area is 148 Å². The summed E-state index contributed by atoms with van der Waals surface area (Å²) in [7, 11) is 0. The highest BCUT2D eigenvalue weighted by molar-refractivity contribution is 9.11. The molecular weight excluding hydrogens is 464 g/mol. The van der Waals surface area contributed by atoms with E-state index in [1.165, 1.54) is 0 Å². The van der Waals surface area contributed by atoms with Crippen LogP contribution in [0.15, 0.2) is 37.7 Å². The predicted octanol–water partition coefficient (Wildman–Crippen LogP) is 5.43. The van der Waals surface area contributed by atoms with Crippen molar-refractivity contribution in [3.05, 3.63) is 54.4 Å². The fraction of sp³-hybridized carbons (Fsp3) is 0.133. The lowest BCUT2D eigenvalue weighted by molar-refractivity contribution is 0.102. The van der Waals surface area contributed by atoms with Gasteiger partial charge in [-0.1, -0.05) is 15.9 Å². The van der Waals surface area contributed by atoms with Gasteiger partial charge >= 0.3 is 0 Å². The van der Waals surface area contributed by atoms with Crippen molar-refractivity contribution in [1.82, 2.24) is 0 Å². The molecule has 0 bridgehead atoms. The van der Waals surface area contributed by atoms with Crippen LogP contribution in [0.4, 0.5) is 11.4 Å². The van der Waals surface area contributed by atoms with Gasteiger partial charge in [0, 0.05) is 24.7 Å². The molecule has 0 saturated heterocycles. The zero-order valence-electron chi connectivity index (χ0n) is 11.4. The zero-order chi connectivity index (χ0) is 15.7. The monoisotopic (exact) mass is 474 g/mol. The maximum atomic E-state index is 12.3. The van der Waals surface area contributed by atoms with Crippen molar-refractivity contribution in [2.45, 2.75) is 13.8 Å². The fourth-order valence-electron chi connectivity index (χ4n) is 1.98. The lowest BCUT2D eigenvalue weighted by Crippen LogP contribution is -2.14. The normalized spacial score (nSPS) is 10.5. The molecule has 0 heterocycles. The Morgan fingerprint density at radius 2 is 1.48 bits per heavy atom. The van der Waals surface area contributed by atoms with E-state index in [0.29, 0.717) is 11.3 Å². The Morgan fingerprint density at radius 3 is 1.95 bits per heavy atom. The van der Waals surface area contributed by atoms with E-state index < -0.39 is 0 Å². The van der Waals surface area contributed by atoms with Gasteiger partial charge in [-0.05, 0) is 81.1 Å². The summed E-state index contributed by atoms with van der Waals surface area (Å²) in [6.07, 6.45) is 0. The third kappa shape index (κ3) is 3.33. The number of amides is 1. The van der Waals surface area contributed by atoms with Crippen molar-refractivity contribution in [2.75, 3.05) is 11.1 Å². The third-order valence-corrected chi connectivity index (χ3v) is 5.80. The van der Waals surface area contributed by atoms with Gasteiger partial charge in [-0.3, -0.25) is 4.79 Å². The first-order chi connectivity index (χ1) is 9.82. The van der Waals surface area contributed by atoms with Crippen LogP contribution in [0, 0.1) is 13.8 Å². The average molecular weight is 477 g/mol. The van der Waals surface area contributed by atoms with Crippen molar-refractivity contribution in [2.24, 2.45) is 0 Å². The standard InChI is InChI=1S/C15H13Br3N2O/c1-7-11(17)13(19)12(18)8(2)14(7)20-15(21)9-3-5-10(16)6-4-9/h3-6H,19H2,1-2H3,(H,20,21). The molecule has 2 aromatic carbocycles. The minimum Gasteiger partial charge on any atom is -0.397 e. The van der Waals surface area contributed by atoms with E-state index >= 15 is 0 Å². The number of anilines is 2. The van der Waals surface area contributed by atoms with Gasteiger partial charge in [0.05, 0.1) is 5.69 Å². The summed E-state index contributed by atoms with van der Waals surface area (Å²) >= 11 is 10.3. The summed E-state index contributed by atoms with van der Waals surface area (Å²) in [4.78, 5) is 12.3. The van der Waals surface area contributed by atoms with Crippen molar-refractivity contribution < 1.29 is 4.79 Å². The minimum atomic E-state index is -0.155. The summed E-state index contributed by atoms with van der Waals surface area (Å²) in [5.74, 6) is -0.155. The van der Waals surface area contributed by atoms with E-state index in [-0.39, 0.29) is 5.91 Å². The van der Waals surface area contributed by atoms with Crippen LogP contribution in [0.25, 0.3) is 0 Å². The molecule has 2 aromatic rings. The van der Waals surface area contributed by atoms with Gasteiger partial charge in [-0.15, -0.1) is 0 Å². The Hall–Kier alpha value is -0.850. The van der Waals surface area contributed by atoms with Gasteiger partial charge in [0.25, 0.3) is 5.91 Å². The number of nitrogens with two attached hydrogens (primary N) is 1. The Morgan fingerprint density at radius 1 is 1.00 bits per heavy atom. The molecule has 3 N–H and O–H groups in total. The molecule has 0 radical (unpaired) electrons. The fourth-order valence-corrected chi connectivity index (χ4v) is 3.30. The maximum absolute atomic E-state index is 12.3. The number of carbonyl (C=O) groups excluding carboxylic acids is 1. The number of nitrogen functional groups attached to an aromatic ring is 1. The molecule has 0 fully saturated rings. The first kappa shape index (κ1) is 16.5. The molecule has 0 unspecified atom stereocenters. The van der Waals surface area contributed by atoms with Crippen LogP contribution in [0.5, 0.6) is 0 Å². The molecule has 0 aromatic heterocycles. The molecule has 110 valence electrons. The summed E-state index contributed by atoms with van der Waals surface area (Å²) in [5.41, 5.74) is 9.79. The first-order valence-electron chi connectivity index (χ1n) is 6.13. The van der Waals surface area contributed by atoms with E-state index in [9.17, 15) is 4.79 Å². The number of rotatable bonds is 2. The number of hydrogen-bond acceptors (Lipinski definition) is 2. The average Bonchev–Trinajstić information content (AvgIpc) is 2.48. The number of carbonyl (C=O) groups is 1. The van der Waals surface area contributed by atoms with Crippen LogP contribution in [0.3, 0.4) is 0 Å². The van der Waals surface area contributed by atoms with Gasteiger partial charge < -0.3 is 11.1 Å². The van der Waals surface area contributed by atoms with Gasteiger partial charge in [-0.2, -0.15) is 0 Å². The highest BCUT2D eigenvalue weighted by Gasteiger charge is 2.17. The third-order valence-electron chi connectivity index (χ3n) is 3.23. The van der Waals surface area contributed by atoms with E-state index in [2.05, 4.69) is 53.1 Å².